The molecular formula is C26H35O2P. The van der Waals surface area contributed by atoms with Gasteiger partial charge in [-0.05, 0) is 86.4 Å². The minimum atomic E-state index is -3.21. The summed E-state index contributed by atoms with van der Waals surface area (Å²) < 4.78 is 21.3. The van der Waals surface area contributed by atoms with Crippen LogP contribution in [0.25, 0.3) is 5.57 Å². The second-order valence-electron chi connectivity index (χ2n) is 8.37. The van der Waals surface area contributed by atoms with Crippen LogP contribution in [0.4, 0.5) is 0 Å². The number of fused-ring (bicyclic) bond motifs is 1. The molecule has 29 heavy (non-hydrogen) atoms. The van der Waals surface area contributed by atoms with Gasteiger partial charge in [-0.3, -0.25) is 4.57 Å². The van der Waals surface area contributed by atoms with Crippen LogP contribution in [0, 0.1) is 27.7 Å². The van der Waals surface area contributed by atoms with Crippen molar-refractivity contribution in [2.45, 2.75) is 80.1 Å². The fraction of sp³-hybridized carbons (Fsp3) is 0.462. The van der Waals surface area contributed by atoms with Gasteiger partial charge in [0.25, 0.3) is 0 Å². The molecule has 0 bridgehead atoms. The monoisotopic (exact) mass is 410 g/mol. The van der Waals surface area contributed by atoms with E-state index >= 15 is 0 Å². The Hall–Kier alpha value is -1.79. The summed E-state index contributed by atoms with van der Waals surface area (Å²) >= 11 is 0. The van der Waals surface area contributed by atoms with E-state index in [0.29, 0.717) is 0 Å². The van der Waals surface area contributed by atoms with Gasteiger partial charge in [0, 0.05) is 6.42 Å². The maximum absolute atomic E-state index is 14.7. The lowest BCUT2D eigenvalue weighted by atomic mass is 9.94. The quantitative estimate of drug-likeness (QED) is 0.449. The smallest absolute Gasteiger partial charge is 0.307 e. The molecule has 2 aromatic rings. The number of aryl methyl sites for hydroxylation is 2. The summed E-state index contributed by atoms with van der Waals surface area (Å²) in [5, 5.41) is 1.79. The van der Waals surface area contributed by atoms with Crippen LogP contribution in [0.1, 0.15) is 80.2 Å². The number of hydrogen-bond acceptors (Lipinski definition) is 2. The number of hydrogen-bond donors (Lipinski definition) is 0. The van der Waals surface area contributed by atoms with E-state index in [1.165, 1.54) is 11.1 Å². The van der Waals surface area contributed by atoms with Gasteiger partial charge in [0.2, 0.25) is 0 Å². The molecular weight excluding hydrogens is 375 g/mol. The van der Waals surface area contributed by atoms with Crippen molar-refractivity contribution in [3.05, 3.63) is 63.9 Å². The van der Waals surface area contributed by atoms with Gasteiger partial charge in [0.05, 0.1) is 10.6 Å². The molecule has 1 aliphatic rings. The van der Waals surface area contributed by atoms with Crippen LogP contribution in [-0.2, 0) is 9.09 Å². The Morgan fingerprint density at radius 3 is 2.17 bits per heavy atom. The van der Waals surface area contributed by atoms with Crippen LogP contribution in [0.15, 0.2) is 36.1 Å². The molecule has 0 fully saturated rings. The van der Waals surface area contributed by atoms with Crippen LogP contribution in [-0.4, -0.2) is 0 Å². The average molecular weight is 411 g/mol. The van der Waals surface area contributed by atoms with Gasteiger partial charge in [-0.2, -0.15) is 0 Å². The summed E-state index contributed by atoms with van der Waals surface area (Å²) in [5.41, 5.74) is 6.94. The number of benzene rings is 2. The highest BCUT2D eigenvalue weighted by Crippen LogP contribution is 2.55. The molecule has 1 atom stereocenters. The van der Waals surface area contributed by atoms with Crippen LogP contribution < -0.4 is 10.6 Å². The number of rotatable bonds is 7. The first-order valence-electron chi connectivity index (χ1n) is 11.0. The minimum absolute atomic E-state index is 0.857. The SMILES string of the molecule is CCCCC1=C(CCCC)c2ccc(C)c(C)c2P(=O)(c2cccc(C)c2C)O1. The van der Waals surface area contributed by atoms with Crippen molar-refractivity contribution in [1.82, 2.24) is 0 Å². The highest BCUT2D eigenvalue weighted by atomic mass is 31.2. The largest absolute Gasteiger partial charge is 0.441 e. The Morgan fingerprint density at radius 1 is 0.828 bits per heavy atom. The van der Waals surface area contributed by atoms with E-state index in [-0.39, 0.29) is 0 Å². The van der Waals surface area contributed by atoms with Gasteiger partial charge in [-0.25, -0.2) is 0 Å². The minimum Gasteiger partial charge on any atom is -0.441 e. The Labute approximate surface area is 176 Å². The van der Waals surface area contributed by atoms with Gasteiger partial charge in [-0.15, -0.1) is 0 Å². The first-order valence-corrected chi connectivity index (χ1v) is 12.7. The predicted octanol–water partition coefficient (Wildman–Crippen LogP) is 7.27. The Balaban J connectivity index is 2.31. The third-order valence-corrected chi connectivity index (χ3v) is 9.09. The topological polar surface area (TPSA) is 26.3 Å². The molecule has 2 nitrogen and oxygen atoms in total. The summed E-state index contributed by atoms with van der Waals surface area (Å²) in [6.45, 7) is 12.8. The lowest BCUT2D eigenvalue weighted by Crippen LogP contribution is -2.29. The molecule has 1 heterocycles. The molecule has 156 valence electrons. The molecule has 1 aliphatic heterocycles. The molecule has 3 rings (SSSR count). The third kappa shape index (κ3) is 3.97. The highest BCUT2D eigenvalue weighted by molar-refractivity contribution is 7.74. The molecule has 0 spiro atoms. The van der Waals surface area contributed by atoms with Gasteiger partial charge in [0.15, 0.2) is 0 Å². The first kappa shape index (κ1) is 21.9. The second kappa shape index (κ2) is 8.92. The van der Waals surface area contributed by atoms with E-state index in [0.717, 1.165) is 77.1 Å². The van der Waals surface area contributed by atoms with Gasteiger partial charge < -0.3 is 4.52 Å². The summed E-state index contributed by atoms with van der Waals surface area (Å²) in [5.74, 6) is 0.959. The third-order valence-electron chi connectivity index (χ3n) is 6.33. The number of unbranched alkanes of at least 4 members (excludes halogenated alkanes) is 2. The second-order valence-corrected chi connectivity index (χ2v) is 10.6. The molecule has 0 saturated heterocycles. The van der Waals surface area contributed by atoms with E-state index < -0.39 is 7.37 Å². The van der Waals surface area contributed by atoms with Crippen molar-refractivity contribution in [3.63, 3.8) is 0 Å². The van der Waals surface area contributed by atoms with Crippen molar-refractivity contribution in [1.29, 1.82) is 0 Å². The van der Waals surface area contributed by atoms with E-state index in [9.17, 15) is 4.57 Å². The molecule has 0 radical (unpaired) electrons. The summed E-state index contributed by atoms with van der Waals surface area (Å²) in [4.78, 5) is 0. The molecule has 0 aromatic heterocycles. The van der Waals surface area contributed by atoms with Gasteiger partial charge in [-0.1, -0.05) is 51.0 Å². The molecule has 0 amide bonds. The Bertz CT molecular complexity index is 984. The Kier molecular flexibility index (Phi) is 6.74. The van der Waals surface area contributed by atoms with E-state index in [1.807, 2.05) is 12.1 Å². The van der Waals surface area contributed by atoms with Crippen molar-refractivity contribution >= 4 is 23.6 Å². The maximum Gasteiger partial charge on any atom is 0.307 e. The standard InChI is InChI=1S/C26H35O2P/c1-7-9-13-22-23-17-16-19(4)21(6)26(23)29(27,28-24(22)14-10-8-2)25-15-11-12-18(3)20(25)5/h11-12,15-17H,7-10,13-14H2,1-6H3. The normalized spacial score (nSPS) is 18.6. The summed E-state index contributed by atoms with van der Waals surface area (Å²) in [6, 6.07) is 10.5. The zero-order valence-electron chi connectivity index (χ0n) is 18.9. The fourth-order valence-electron chi connectivity index (χ4n) is 4.22. The zero-order chi connectivity index (χ0) is 21.2. The lowest BCUT2D eigenvalue weighted by molar-refractivity contribution is 0.396. The average Bonchev–Trinajstić information content (AvgIpc) is 2.70. The summed E-state index contributed by atoms with van der Waals surface area (Å²) in [7, 11) is -3.21. The fourth-order valence-corrected chi connectivity index (χ4v) is 7.20. The molecule has 1 unspecified atom stereocenters. The van der Waals surface area contributed by atoms with Crippen molar-refractivity contribution < 1.29 is 9.09 Å². The van der Waals surface area contributed by atoms with Crippen molar-refractivity contribution in [3.8, 4) is 0 Å². The molecule has 0 saturated carbocycles. The molecule has 0 aliphatic carbocycles. The van der Waals surface area contributed by atoms with Crippen LogP contribution >= 0.6 is 7.37 Å². The summed E-state index contributed by atoms with van der Waals surface area (Å²) in [6.07, 6.45) is 6.25. The van der Waals surface area contributed by atoms with Crippen LogP contribution in [0.5, 0.6) is 0 Å². The molecule has 0 N–H and O–H groups in total. The maximum atomic E-state index is 14.7. The van der Waals surface area contributed by atoms with Crippen LogP contribution in [0.2, 0.25) is 0 Å². The molecule has 2 aromatic carbocycles. The van der Waals surface area contributed by atoms with E-state index in [1.54, 1.807) is 0 Å². The van der Waals surface area contributed by atoms with Gasteiger partial charge >= 0.3 is 7.37 Å². The van der Waals surface area contributed by atoms with Crippen LogP contribution in [0.3, 0.4) is 0 Å². The first-order chi connectivity index (χ1) is 13.8. The van der Waals surface area contributed by atoms with Crippen molar-refractivity contribution in [2.24, 2.45) is 0 Å². The number of allylic oxidation sites excluding steroid dienone is 2. The van der Waals surface area contributed by atoms with Crippen molar-refractivity contribution in [2.75, 3.05) is 0 Å². The highest BCUT2D eigenvalue weighted by Gasteiger charge is 2.41. The Morgan fingerprint density at radius 2 is 1.48 bits per heavy atom. The van der Waals surface area contributed by atoms with Gasteiger partial charge in [0.1, 0.15) is 5.76 Å². The predicted molar refractivity (Wildman–Crippen MR) is 126 cm³/mol. The van der Waals surface area contributed by atoms with E-state index in [4.69, 9.17) is 4.52 Å². The van der Waals surface area contributed by atoms with E-state index in [2.05, 4.69) is 59.7 Å². The lowest BCUT2D eigenvalue weighted by Gasteiger charge is -2.34. The molecule has 3 heteroatoms. The zero-order valence-corrected chi connectivity index (χ0v) is 19.8.